The molecular weight excluding hydrogens is 337 g/mol. The van der Waals surface area contributed by atoms with Gasteiger partial charge in [0.1, 0.15) is 0 Å². The van der Waals surface area contributed by atoms with E-state index in [2.05, 4.69) is 4.90 Å². The van der Waals surface area contributed by atoms with Gasteiger partial charge in [-0.2, -0.15) is 0 Å². The van der Waals surface area contributed by atoms with E-state index in [0.717, 1.165) is 22.0 Å². The van der Waals surface area contributed by atoms with Gasteiger partial charge in [-0.15, -0.1) is 11.8 Å². The number of halogens is 2. The van der Waals surface area contributed by atoms with E-state index in [1.54, 1.807) is 0 Å². The molecule has 1 aromatic carbocycles. The van der Waals surface area contributed by atoms with Gasteiger partial charge in [0, 0.05) is 34.3 Å². The highest BCUT2D eigenvalue weighted by molar-refractivity contribution is 7.99. The normalized spacial score (nSPS) is 26.5. The third-order valence-electron chi connectivity index (χ3n) is 4.66. The highest BCUT2D eigenvalue weighted by atomic mass is 35.5. The average Bonchev–Trinajstić information content (AvgIpc) is 3.05. The van der Waals surface area contributed by atoms with Crippen LogP contribution in [0.2, 0.25) is 10.0 Å². The molecule has 1 aliphatic heterocycles. The second-order valence-corrected chi connectivity index (χ2v) is 7.95. The Bertz CT molecular complexity index is 473. The van der Waals surface area contributed by atoms with Crippen molar-refractivity contribution in [2.75, 3.05) is 24.8 Å². The average molecular weight is 360 g/mol. The molecule has 2 nitrogen and oxygen atoms in total. The number of thioether (sulfide) groups is 1. The molecule has 1 saturated heterocycles. The van der Waals surface area contributed by atoms with Crippen LogP contribution < -0.4 is 0 Å². The third-order valence-corrected chi connectivity index (χ3v) is 6.36. The molecule has 22 heavy (non-hydrogen) atoms. The molecule has 0 amide bonds. The molecule has 2 unspecified atom stereocenters. The molecule has 1 saturated carbocycles. The van der Waals surface area contributed by atoms with Crippen LogP contribution in [0.15, 0.2) is 18.2 Å². The van der Waals surface area contributed by atoms with Gasteiger partial charge >= 0.3 is 0 Å². The second-order valence-electron chi connectivity index (χ2n) is 6.06. The predicted molar refractivity (Wildman–Crippen MR) is 96.2 cm³/mol. The van der Waals surface area contributed by atoms with Crippen LogP contribution in [-0.4, -0.2) is 41.8 Å². The maximum atomic E-state index is 6.25. The summed E-state index contributed by atoms with van der Waals surface area (Å²) in [6.07, 6.45) is 6.24. The lowest BCUT2D eigenvalue weighted by molar-refractivity contribution is -0.0270. The number of hydrogen-bond donors (Lipinski definition) is 0. The van der Waals surface area contributed by atoms with Crippen molar-refractivity contribution in [3.8, 4) is 0 Å². The molecular formula is C17H23Cl2NOS. The summed E-state index contributed by atoms with van der Waals surface area (Å²) in [4.78, 5) is 2.61. The molecule has 0 spiro atoms. The summed E-state index contributed by atoms with van der Waals surface area (Å²) in [5, 5.41) is 1.49. The van der Waals surface area contributed by atoms with E-state index >= 15 is 0 Å². The fraction of sp³-hybridized carbons (Fsp3) is 0.647. The first-order chi connectivity index (χ1) is 10.8. The zero-order valence-corrected chi connectivity index (χ0v) is 15.1. The van der Waals surface area contributed by atoms with Crippen molar-refractivity contribution >= 4 is 35.0 Å². The Morgan fingerprint density at radius 2 is 1.95 bits per heavy atom. The van der Waals surface area contributed by atoms with Gasteiger partial charge in [-0.3, -0.25) is 4.90 Å². The lowest BCUT2D eigenvalue weighted by atomic mass is 9.91. The van der Waals surface area contributed by atoms with Crippen LogP contribution in [0.1, 0.15) is 31.2 Å². The topological polar surface area (TPSA) is 12.5 Å². The second kappa shape index (κ2) is 8.25. The number of nitrogens with zero attached hydrogens (tertiary/aromatic N) is 1. The molecule has 1 heterocycles. The van der Waals surface area contributed by atoms with E-state index < -0.39 is 0 Å². The maximum absolute atomic E-state index is 6.25. The van der Waals surface area contributed by atoms with Crippen molar-refractivity contribution in [1.29, 1.82) is 0 Å². The zero-order chi connectivity index (χ0) is 15.4. The zero-order valence-electron chi connectivity index (χ0n) is 12.8. The number of benzene rings is 1. The summed E-state index contributed by atoms with van der Waals surface area (Å²) in [6.45, 7) is 1.91. The Morgan fingerprint density at radius 1 is 1.18 bits per heavy atom. The smallest absolute Gasteiger partial charge is 0.0730 e. The van der Waals surface area contributed by atoms with Crippen LogP contribution in [0.3, 0.4) is 0 Å². The minimum atomic E-state index is 0.369. The van der Waals surface area contributed by atoms with Crippen LogP contribution in [0, 0.1) is 0 Å². The van der Waals surface area contributed by atoms with Gasteiger partial charge in [-0.25, -0.2) is 0 Å². The van der Waals surface area contributed by atoms with Crippen molar-refractivity contribution in [3.05, 3.63) is 33.8 Å². The molecule has 5 heteroatoms. The van der Waals surface area contributed by atoms with Gasteiger partial charge in [0.2, 0.25) is 0 Å². The molecule has 0 bridgehead atoms. The SMILES string of the molecule is Clc1cccc(Cl)c1CCOC1CCCCC1N1CCSC1. The number of hydrogen-bond acceptors (Lipinski definition) is 3. The van der Waals surface area contributed by atoms with Gasteiger partial charge in [0.05, 0.1) is 12.7 Å². The van der Waals surface area contributed by atoms with Crippen molar-refractivity contribution < 1.29 is 4.74 Å². The van der Waals surface area contributed by atoms with Gasteiger partial charge in [0.25, 0.3) is 0 Å². The first-order valence-corrected chi connectivity index (χ1v) is 10.0. The monoisotopic (exact) mass is 359 g/mol. The Hall–Kier alpha value is 0.0700. The van der Waals surface area contributed by atoms with E-state index in [4.69, 9.17) is 27.9 Å². The third kappa shape index (κ3) is 4.12. The van der Waals surface area contributed by atoms with Crippen LogP contribution in [0.5, 0.6) is 0 Å². The van der Waals surface area contributed by atoms with E-state index in [1.807, 2.05) is 30.0 Å². The fourth-order valence-electron chi connectivity index (χ4n) is 3.46. The van der Waals surface area contributed by atoms with Crippen molar-refractivity contribution in [2.45, 2.75) is 44.2 Å². The molecule has 2 atom stereocenters. The van der Waals surface area contributed by atoms with E-state index in [-0.39, 0.29) is 0 Å². The Labute approximate surface area is 147 Å². The molecule has 0 N–H and O–H groups in total. The van der Waals surface area contributed by atoms with Crippen LogP contribution in [0.4, 0.5) is 0 Å². The first kappa shape index (κ1) is 16.9. The van der Waals surface area contributed by atoms with Crippen molar-refractivity contribution in [1.82, 2.24) is 4.90 Å². The maximum Gasteiger partial charge on any atom is 0.0730 e. The van der Waals surface area contributed by atoms with Crippen molar-refractivity contribution in [2.24, 2.45) is 0 Å². The Kier molecular flexibility index (Phi) is 6.34. The molecule has 0 aromatic heterocycles. The van der Waals surface area contributed by atoms with Gasteiger partial charge < -0.3 is 4.74 Å². The summed E-state index contributed by atoms with van der Waals surface area (Å²) >= 11 is 14.5. The lowest BCUT2D eigenvalue weighted by Crippen LogP contribution is -2.45. The molecule has 2 aliphatic rings. The molecule has 0 radical (unpaired) electrons. The minimum absolute atomic E-state index is 0.369. The standard InChI is InChI=1S/C17H23Cl2NOS/c18-14-4-3-5-15(19)13(14)8-10-21-17-7-2-1-6-16(17)20-9-11-22-12-20/h3-5,16-17H,1-2,6-12H2. The van der Waals surface area contributed by atoms with Gasteiger partial charge in [-0.05, 0) is 37.0 Å². The molecule has 1 aromatic rings. The Morgan fingerprint density at radius 3 is 2.68 bits per heavy atom. The summed E-state index contributed by atoms with van der Waals surface area (Å²) in [5.41, 5.74) is 1.01. The highest BCUT2D eigenvalue weighted by Gasteiger charge is 2.32. The van der Waals surface area contributed by atoms with Crippen LogP contribution in [-0.2, 0) is 11.2 Å². The summed E-state index contributed by atoms with van der Waals surface area (Å²) < 4.78 is 6.25. The van der Waals surface area contributed by atoms with Crippen LogP contribution >= 0.6 is 35.0 Å². The van der Waals surface area contributed by atoms with E-state index in [1.165, 1.54) is 43.9 Å². The first-order valence-electron chi connectivity index (χ1n) is 8.12. The van der Waals surface area contributed by atoms with Gasteiger partial charge in [0.15, 0.2) is 0 Å². The molecule has 1 aliphatic carbocycles. The van der Waals surface area contributed by atoms with E-state index in [0.29, 0.717) is 18.8 Å². The number of ether oxygens (including phenoxy) is 1. The molecule has 2 fully saturated rings. The van der Waals surface area contributed by atoms with Crippen molar-refractivity contribution in [3.63, 3.8) is 0 Å². The summed E-state index contributed by atoms with van der Waals surface area (Å²) in [7, 11) is 0. The number of rotatable bonds is 5. The Balaban J connectivity index is 1.55. The van der Waals surface area contributed by atoms with Crippen LogP contribution in [0.25, 0.3) is 0 Å². The molecule has 122 valence electrons. The summed E-state index contributed by atoms with van der Waals surface area (Å²) in [5.74, 6) is 2.43. The molecule has 3 rings (SSSR count). The van der Waals surface area contributed by atoms with Gasteiger partial charge in [-0.1, -0.05) is 42.1 Å². The lowest BCUT2D eigenvalue weighted by Gasteiger charge is -2.37. The van der Waals surface area contributed by atoms with E-state index in [9.17, 15) is 0 Å². The summed E-state index contributed by atoms with van der Waals surface area (Å²) in [6, 6.07) is 6.28. The minimum Gasteiger partial charge on any atom is -0.376 e. The fourth-order valence-corrected chi connectivity index (χ4v) is 5.10. The quantitative estimate of drug-likeness (QED) is 0.743. The predicted octanol–water partition coefficient (Wildman–Crippen LogP) is 4.87. The largest absolute Gasteiger partial charge is 0.376 e. The highest BCUT2D eigenvalue weighted by Crippen LogP contribution is 2.30.